The smallest absolute Gasteiger partial charge is 0.410 e. The van der Waals surface area contributed by atoms with Crippen molar-refractivity contribution >= 4 is 6.09 Å². The Bertz CT molecular complexity index is 466. The van der Waals surface area contributed by atoms with Crippen LogP contribution in [0, 0.1) is 12.3 Å². The highest BCUT2D eigenvalue weighted by atomic mass is 16.6. The maximum absolute atomic E-state index is 12.0. The molecule has 1 aromatic rings. The summed E-state index contributed by atoms with van der Waals surface area (Å²) < 4.78 is 7.00. The van der Waals surface area contributed by atoms with Crippen LogP contribution in [0.3, 0.4) is 0 Å². The molecule has 1 aromatic heterocycles. The topological polar surface area (TPSA) is 47.4 Å². The number of hydrogen-bond donors (Lipinski definition) is 0. The first-order valence-electron chi connectivity index (χ1n) is 6.29. The summed E-state index contributed by atoms with van der Waals surface area (Å²) in [5.41, 5.74) is 0.302. The number of carbonyl (C=O) groups is 1. The van der Waals surface area contributed by atoms with Gasteiger partial charge in [0, 0.05) is 12.7 Å². The van der Waals surface area contributed by atoms with Gasteiger partial charge in [0.15, 0.2) is 0 Å². The summed E-state index contributed by atoms with van der Waals surface area (Å²) in [5, 5.41) is 4.29. The summed E-state index contributed by atoms with van der Waals surface area (Å²) in [6.07, 6.45) is 6.69. The van der Waals surface area contributed by atoms with Crippen molar-refractivity contribution in [1.82, 2.24) is 14.7 Å². The zero-order valence-corrected chi connectivity index (χ0v) is 12.0. The van der Waals surface area contributed by atoms with Crippen LogP contribution in [0.2, 0.25) is 0 Å². The zero-order chi connectivity index (χ0) is 14.5. The molecule has 0 fully saturated rings. The molecule has 5 heteroatoms. The lowest BCUT2D eigenvalue weighted by Crippen LogP contribution is -2.36. The second-order valence-corrected chi connectivity index (χ2v) is 5.20. The highest BCUT2D eigenvalue weighted by Gasteiger charge is 2.21. The normalized spacial score (nSPS) is 10.9. The van der Waals surface area contributed by atoms with E-state index in [1.54, 1.807) is 15.8 Å². The molecular formula is C14H21N3O2. The van der Waals surface area contributed by atoms with Crippen molar-refractivity contribution in [2.75, 3.05) is 6.54 Å². The predicted octanol–water partition coefficient (Wildman–Crippen LogP) is 2.27. The van der Waals surface area contributed by atoms with Gasteiger partial charge in [-0.15, -0.1) is 6.42 Å². The zero-order valence-electron chi connectivity index (χ0n) is 12.0. The third kappa shape index (κ3) is 5.04. The Labute approximate surface area is 114 Å². The second kappa shape index (κ2) is 6.28. The first-order valence-corrected chi connectivity index (χ1v) is 6.29. The molecule has 0 aliphatic carbocycles. The van der Waals surface area contributed by atoms with E-state index in [1.807, 2.05) is 33.8 Å². The lowest BCUT2D eigenvalue weighted by molar-refractivity contribution is 0.0242. The fraction of sp³-hybridized carbons (Fsp3) is 0.571. The first kappa shape index (κ1) is 15.1. The molecule has 0 aromatic carbocycles. The van der Waals surface area contributed by atoms with Gasteiger partial charge in [-0.05, 0) is 33.8 Å². The Morgan fingerprint density at radius 3 is 2.79 bits per heavy atom. The highest BCUT2D eigenvalue weighted by Crippen LogP contribution is 2.11. The van der Waals surface area contributed by atoms with Crippen LogP contribution >= 0.6 is 0 Å². The summed E-state index contributed by atoms with van der Waals surface area (Å²) in [5.74, 6) is 2.51. The predicted molar refractivity (Wildman–Crippen MR) is 73.4 cm³/mol. The molecule has 1 amide bonds. The Morgan fingerprint density at radius 1 is 1.58 bits per heavy atom. The third-order valence-electron chi connectivity index (χ3n) is 2.34. The molecule has 0 aliphatic rings. The van der Waals surface area contributed by atoms with Gasteiger partial charge in [-0.2, -0.15) is 5.10 Å². The summed E-state index contributed by atoms with van der Waals surface area (Å²) in [6.45, 7) is 8.86. The van der Waals surface area contributed by atoms with Gasteiger partial charge in [0.1, 0.15) is 12.1 Å². The third-order valence-corrected chi connectivity index (χ3v) is 2.34. The van der Waals surface area contributed by atoms with E-state index < -0.39 is 5.60 Å². The second-order valence-electron chi connectivity index (χ2n) is 5.20. The monoisotopic (exact) mass is 263 g/mol. The number of rotatable bonds is 4. The Balaban J connectivity index is 2.65. The van der Waals surface area contributed by atoms with Crippen LogP contribution in [0.15, 0.2) is 12.3 Å². The molecule has 0 spiro atoms. The number of amides is 1. The molecular weight excluding hydrogens is 242 g/mol. The van der Waals surface area contributed by atoms with Gasteiger partial charge >= 0.3 is 6.09 Å². The van der Waals surface area contributed by atoms with Crippen LogP contribution < -0.4 is 0 Å². The Kier molecular flexibility index (Phi) is 4.99. The van der Waals surface area contributed by atoms with E-state index in [0.717, 1.165) is 5.69 Å². The average molecular weight is 263 g/mol. The molecule has 0 bridgehead atoms. The summed E-state index contributed by atoms with van der Waals surface area (Å²) in [4.78, 5) is 13.6. The van der Waals surface area contributed by atoms with Crippen LogP contribution in [0.5, 0.6) is 0 Å². The largest absolute Gasteiger partial charge is 0.444 e. The van der Waals surface area contributed by atoms with E-state index >= 15 is 0 Å². The van der Waals surface area contributed by atoms with Gasteiger partial charge in [0.05, 0.1) is 12.2 Å². The standard InChI is InChI=1S/C14H21N3O2/c1-6-9-17-10-8-12(15-17)11-16(7-2)13(18)19-14(3,4)5/h1,8,10H,7,9,11H2,2-5H3. The lowest BCUT2D eigenvalue weighted by atomic mass is 10.2. The summed E-state index contributed by atoms with van der Waals surface area (Å²) in [6, 6.07) is 1.85. The Hall–Kier alpha value is -1.96. The van der Waals surface area contributed by atoms with Gasteiger partial charge in [0.25, 0.3) is 0 Å². The van der Waals surface area contributed by atoms with E-state index in [9.17, 15) is 4.79 Å². The molecule has 1 rings (SSSR count). The SMILES string of the molecule is C#CCn1ccc(CN(CC)C(=O)OC(C)(C)C)n1. The molecule has 5 nitrogen and oxygen atoms in total. The van der Waals surface area contributed by atoms with Crippen molar-refractivity contribution in [2.24, 2.45) is 0 Å². The van der Waals surface area contributed by atoms with Gasteiger partial charge in [-0.25, -0.2) is 4.79 Å². The fourth-order valence-corrected chi connectivity index (χ4v) is 1.50. The molecule has 0 saturated carbocycles. The minimum Gasteiger partial charge on any atom is -0.444 e. The number of ether oxygens (including phenoxy) is 1. The van der Waals surface area contributed by atoms with Gasteiger partial charge in [-0.3, -0.25) is 4.68 Å². The van der Waals surface area contributed by atoms with Crippen molar-refractivity contribution in [3.8, 4) is 12.3 Å². The van der Waals surface area contributed by atoms with Gasteiger partial charge in [0.2, 0.25) is 0 Å². The number of aromatic nitrogens is 2. The average Bonchev–Trinajstić information content (AvgIpc) is 2.71. The summed E-state index contributed by atoms with van der Waals surface area (Å²) >= 11 is 0. The number of hydrogen-bond acceptors (Lipinski definition) is 3. The number of terminal acetylenes is 1. The maximum Gasteiger partial charge on any atom is 0.410 e. The first-order chi connectivity index (χ1) is 8.85. The van der Waals surface area contributed by atoms with Crippen LogP contribution in [0.1, 0.15) is 33.4 Å². The van der Waals surface area contributed by atoms with Gasteiger partial charge in [-0.1, -0.05) is 5.92 Å². The van der Waals surface area contributed by atoms with Crippen LogP contribution in [0.4, 0.5) is 4.79 Å². The van der Waals surface area contributed by atoms with Crippen molar-refractivity contribution in [3.63, 3.8) is 0 Å². The molecule has 0 aliphatic heterocycles. The Morgan fingerprint density at radius 2 is 2.26 bits per heavy atom. The van der Waals surface area contributed by atoms with E-state index in [4.69, 9.17) is 11.2 Å². The summed E-state index contributed by atoms with van der Waals surface area (Å²) in [7, 11) is 0. The van der Waals surface area contributed by atoms with E-state index in [0.29, 0.717) is 19.6 Å². The van der Waals surface area contributed by atoms with Crippen molar-refractivity contribution in [2.45, 2.75) is 46.4 Å². The van der Waals surface area contributed by atoms with Crippen molar-refractivity contribution in [3.05, 3.63) is 18.0 Å². The van der Waals surface area contributed by atoms with E-state index in [2.05, 4.69) is 11.0 Å². The molecule has 0 radical (unpaired) electrons. The molecule has 0 unspecified atom stereocenters. The van der Waals surface area contributed by atoms with Crippen molar-refractivity contribution in [1.29, 1.82) is 0 Å². The lowest BCUT2D eigenvalue weighted by Gasteiger charge is -2.26. The van der Waals surface area contributed by atoms with Crippen molar-refractivity contribution < 1.29 is 9.53 Å². The molecule has 19 heavy (non-hydrogen) atoms. The van der Waals surface area contributed by atoms with Crippen LogP contribution in [-0.2, 0) is 17.8 Å². The molecule has 104 valence electrons. The number of carbonyl (C=O) groups excluding carboxylic acids is 1. The minimum atomic E-state index is -0.493. The van der Waals surface area contributed by atoms with E-state index in [-0.39, 0.29) is 6.09 Å². The molecule has 1 heterocycles. The number of nitrogens with zero attached hydrogens (tertiary/aromatic N) is 3. The van der Waals surface area contributed by atoms with Crippen LogP contribution in [-0.4, -0.2) is 32.9 Å². The quantitative estimate of drug-likeness (QED) is 0.783. The highest BCUT2D eigenvalue weighted by molar-refractivity contribution is 5.68. The molecule has 0 saturated heterocycles. The molecule has 0 atom stereocenters. The van der Waals surface area contributed by atoms with Crippen LogP contribution in [0.25, 0.3) is 0 Å². The molecule has 0 N–H and O–H groups in total. The van der Waals surface area contributed by atoms with Gasteiger partial charge < -0.3 is 9.64 Å². The minimum absolute atomic E-state index is 0.332. The maximum atomic E-state index is 12.0. The fourth-order valence-electron chi connectivity index (χ4n) is 1.50. The van der Waals surface area contributed by atoms with E-state index in [1.165, 1.54) is 0 Å².